The van der Waals surface area contributed by atoms with Crippen LogP contribution in [0, 0.1) is 23.2 Å². The minimum Gasteiger partial charge on any atom is -0.393 e. The van der Waals surface area contributed by atoms with E-state index in [1.165, 1.54) is 32.1 Å². The molecular formula is C35H51NO4. The topological polar surface area (TPSA) is 89.8 Å². The van der Waals surface area contributed by atoms with Gasteiger partial charge in [0.05, 0.1) is 24.4 Å². The Morgan fingerprint density at radius 3 is 2.33 bits per heavy atom. The monoisotopic (exact) mass is 549 g/mol. The Labute approximate surface area is 241 Å². The lowest BCUT2D eigenvalue weighted by atomic mass is 9.76. The van der Waals surface area contributed by atoms with Gasteiger partial charge in [-0.05, 0) is 66.0 Å². The molecule has 0 heterocycles. The number of aliphatic hydroxyl groups is 3. The van der Waals surface area contributed by atoms with Crippen molar-refractivity contribution in [3.05, 3.63) is 71.3 Å². The molecule has 2 aliphatic rings. The van der Waals surface area contributed by atoms with Crippen molar-refractivity contribution in [2.24, 2.45) is 23.2 Å². The van der Waals surface area contributed by atoms with E-state index < -0.39 is 30.3 Å². The average molecular weight is 550 g/mol. The fourth-order valence-corrected chi connectivity index (χ4v) is 7.09. The smallest absolute Gasteiger partial charge is 0.224 e. The molecule has 2 aromatic carbocycles. The van der Waals surface area contributed by atoms with Gasteiger partial charge in [-0.15, -0.1) is 0 Å². The van der Waals surface area contributed by atoms with Crippen molar-refractivity contribution in [2.45, 2.75) is 116 Å². The van der Waals surface area contributed by atoms with Crippen LogP contribution < -0.4 is 5.32 Å². The van der Waals surface area contributed by atoms with Crippen molar-refractivity contribution in [3.63, 3.8) is 0 Å². The molecular weight excluding hydrogens is 498 g/mol. The SMILES string of the molecule is CC(C)(C)CC(O)C[C@@H](CC1CCCCC1)[C@@H](O)C[C@@H](Cc1ccccc1)C(=O)N[C@H]1c2ccccc2C[C@H]1O. The van der Waals surface area contributed by atoms with Crippen LogP contribution in [0.25, 0.3) is 0 Å². The van der Waals surface area contributed by atoms with Gasteiger partial charge in [-0.25, -0.2) is 0 Å². The average Bonchev–Trinajstić information content (AvgIpc) is 3.22. The van der Waals surface area contributed by atoms with Crippen LogP contribution in [0.15, 0.2) is 54.6 Å². The Morgan fingerprint density at radius 1 is 0.950 bits per heavy atom. The van der Waals surface area contributed by atoms with E-state index in [1.807, 2.05) is 54.6 Å². The van der Waals surface area contributed by atoms with Crippen molar-refractivity contribution >= 4 is 5.91 Å². The summed E-state index contributed by atoms with van der Waals surface area (Å²) in [6.45, 7) is 6.41. The van der Waals surface area contributed by atoms with Gasteiger partial charge < -0.3 is 20.6 Å². The number of carbonyl (C=O) groups excluding carboxylic acids is 1. The zero-order valence-electron chi connectivity index (χ0n) is 24.8. The maximum absolute atomic E-state index is 13.8. The first kappa shape index (κ1) is 30.7. The number of benzene rings is 2. The highest BCUT2D eigenvalue weighted by molar-refractivity contribution is 5.79. The molecule has 40 heavy (non-hydrogen) atoms. The maximum atomic E-state index is 13.8. The standard InChI is InChI=1S/C35H51NO4/c1-35(2,3)23-29(37)20-27(18-24-12-6-4-7-13-24)31(38)22-28(19-25-14-8-5-9-15-25)34(40)36-33-30-17-11-10-16-26(30)21-32(33)39/h5,8-11,14-17,24,27-29,31-33,37-39H,4,6-7,12-13,18-23H2,1-3H3,(H,36,40)/t27-,28-,29?,31+,32-,33+/m1/s1. The number of fused-ring (bicyclic) bond motifs is 1. The van der Waals surface area contributed by atoms with Gasteiger partial charge in [0.15, 0.2) is 0 Å². The minimum absolute atomic E-state index is 0.00783. The Kier molecular flexibility index (Phi) is 10.8. The first-order valence-electron chi connectivity index (χ1n) is 15.6. The summed E-state index contributed by atoms with van der Waals surface area (Å²) in [5.41, 5.74) is 3.11. The fraction of sp³-hybridized carbons (Fsp3) is 0.629. The summed E-state index contributed by atoms with van der Waals surface area (Å²) in [4.78, 5) is 13.8. The molecule has 1 unspecified atom stereocenters. The maximum Gasteiger partial charge on any atom is 0.224 e. The second-order valence-corrected chi connectivity index (χ2v) is 13.8. The quantitative estimate of drug-likeness (QED) is 0.256. The molecule has 2 aromatic rings. The highest BCUT2D eigenvalue weighted by atomic mass is 16.3. The minimum atomic E-state index is -0.684. The number of hydrogen-bond acceptors (Lipinski definition) is 4. The van der Waals surface area contributed by atoms with Crippen LogP contribution in [0.1, 0.15) is 101 Å². The summed E-state index contributed by atoms with van der Waals surface area (Å²) in [7, 11) is 0. The normalized spacial score (nSPS) is 22.8. The third-order valence-electron chi connectivity index (χ3n) is 9.05. The molecule has 0 spiro atoms. The molecule has 6 atom stereocenters. The van der Waals surface area contributed by atoms with Gasteiger partial charge >= 0.3 is 0 Å². The lowest BCUT2D eigenvalue weighted by molar-refractivity contribution is -0.128. The predicted octanol–water partition coefficient (Wildman–Crippen LogP) is 6.14. The Morgan fingerprint density at radius 2 is 1.62 bits per heavy atom. The van der Waals surface area contributed by atoms with Crippen molar-refractivity contribution < 1.29 is 20.1 Å². The third kappa shape index (κ3) is 8.89. The van der Waals surface area contributed by atoms with Crippen LogP contribution in [-0.2, 0) is 17.6 Å². The van der Waals surface area contributed by atoms with Gasteiger partial charge in [-0.2, -0.15) is 0 Å². The van der Waals surface area contributed by atoms with Gasteiger partial charge in [0.1, 0.15) is 0 Å². The number of rotatable bonds is 12. The summed E-state index contributed by atoms with van der Waals surface area (Å²) in [5, 5.41) is 36.7. The number of aliphatic hydroxyl groups excluding tert-OH is 3. The Bertz CT molecular complexity index is 1060. The van der Waals surface area contributed by atoms with E-state index in [2.05, 4.69) is 26.1 Å². The van der Waals surface area contributed by atoms with E-state index >= 15 is 0 Å². The Balaban J connectivity index is 1.51. The molecule has 220 valence electrons. The number of nitrogens with one attached hydrogen (secondary N) is 1. The lowest BCUT2D eigenvalue weighted by Gasteiger charge is -2.33. The lowest BCUT2D eigenvalue weighted by Crippen LogP contribution is -2.41. The second-order valence-electron chi connectivity index (χ2n) is 13.8. The number of hydrogen-bond donors (Lipinski definition) is 4. The molecule has 1 amide bonds. The summed E-state index contributed by atoms with van der Waals surface area (Å²) in [6, 6.07) is 17.4. The van der Waals surface area contributed by atoms with Crippen LogP contribution in [0.2, 0.25) is 0 Å². The van der Waals surface area contributed by atoms with Crippen molar-refractivity contribution in [1.29, 1.82) is 0 Å². The highest BCUT2D eigenvalue weighted by Crippen LogP contribution is 2.36. The van der Waals surface area contributed by atoms with E-state index in [-0.39, 0.29) is 17.2 Å². The number of carbonyl (C=O) groups is 1. The molecule has 5 heteroatoms. The largest absolute Gasteiger partial charge is 0.393 e. The molecule has 4 rings (SSSR count). The molecule has 1 saturated carbocycles. The Hall–Kier alpha value is -2.21. The summed E-state index contributed by atoms with van der Waals surface area (Å²) in [5.74, 6) is -0.0487. The van der Waals surface area contributed by atoms with Crippen LogP contribution in [0.5, 0.6) is 0 Å². The molecule has 0 radical (unpaired) electrons. The van der Waals surface area contributed by atoms with Crippen LogP contribution in [-0.4, -0.2) is 39.5 Å². The molecule has 5 nitrogen and oxygen atoms in total. The second kappa shape index (κ2) is 14.1. The van der Waals surface area contributed by atoms with E-state index in [4.69, 9.17) is 0 Å². The summed E-state index contributed by atoms with van der Waals surface area (Å²) >= 11 is 0. The molecule has 0 bridgehead atoms. The third-order valence-corrected chi connectivity index (χ3v) is 9.05. The summed E-state index contributed by atoms with van der Waals surface area (Å²) in [6.07, 6.45) is 7.85. The molecule has 1 fully saturated rings. The van der Waals surface area contributed by atoms with E-state index in [0.29, 0.717) is 38.0 Å². The van der Waals surface area contributed by atoms with E-state index in [0.717, 1.165) is 23.1 Å². The predicted molar refractivity (Wildman–Crippen MR) is 161 cm³/mol. The molecule has 0 aliphatic heterocycles. The summed E-state index contributed by atoms with van der Waals surface area (Å²) < 4.78 is 0. The van der Waals surface area contributed by atoms with Crippen LogP contribution in [0.3, 0.4) is 0 Å². The van der Waals surface area contributed by atoms with Gasteiger partial charge in [0.2, 0.25) is 5.91 Å². The van der Waals surface area contributed by atoms with Crippen LogP contribution >= 0.6 is 0 Å². The zero-order chi connectivity index (χ0) is 28.7. The highest BCUT2D eigenvalue weighted by Gasteiger charge is 2.36. The van der Waals surface area contributed by atoms with Crippen LogP contribution in [0.4, 0.5) is 0 Å². The molecule has 0 saturated heterocycles. The first-order valence-corrected chi connectivity index (χ1v) is 15.6. The van der Waals surface area contributed by atoms with E-state index in [1.54, 1.807) is 0 Å². The first-order chi connectivity index (χ1) is 19.1. The molecule has 0 aromatic heterocycles. The van der Waals surface area contributed by atoms with E-state index in [9.17, 15) is 20.1 Å². The zero-order valence-corrected chi connectivity index (χ0v) is 24.8. The molecule has 2 aliphatic carbocycles. The van der Waals surface area contributed by atoms with Crippen molar-refractivity contribution in [2.75, 3.05) is 0 Å². The fourth-order valence-electron chi connectivity index (χ4n) is 7.09. The van der Waals surface area contributed by atoms with Gasteiger partial charge in [0, 0.05) is 12.3 Å². The van der Waals surface area contributed by atoms with Gasteiger partial charge in [0.25, 0.3) is 0 Å². The van der Waals surface area contributed by atoms with Crippen molar-refractivity contribution in [3.8, 4) is 0 Å². The number of amides is 1. The van der Waals surface area contributed by atoms with Crippen molar-refractivity contribution in [1.82, 2.24) is 5.32 Å². The van der Waals surface area contributed by atoms with Gasteiger partial charge in [-0.3, -0.25) is 4.79 Å². The molecule has 4 N–H and O–H groups in total. The van der Waals surface area contributed by atoms with Gasteiger partial charge in [-0.1, -0.05) is 107 Å².